The highest BCUT2D eigenvalue weighted by Gasteiger charge is 2.15. The first kappa shape index (κ1) is 11.1. The fourth-order valence-electron chi connectivity index (χ4n) is 1.10. The van der Waals surface area contributed by atoms with Crippen molar-refractivity contribution in [1.82, 2.24) is 0 Å². The fraction of sp³-hybridized carbons (Fsp3) is 0.222. The molecule has 0 aliphatic carbocycles. The Bertz CT molecular complexity index is 391. The van der Waals surface area contributed by atoms with Crippen LogP contribution in [0, 0.1) is 6.92 Å². The second-order valence-electron chi connectivity index (χ2n) is 2.74. The van der Waals surface area contributed by atoms with Gasteiger partial charge >= 0.3 is 0 Å². The Morgan fingerprint density at radius 3 is 2.43 bits per heavy atom. The summed E-state index contributed by atoms with van der Waals surface area (Å²) in [5.41, 5.74) is 6.04. The van der Waals surface area contributed by atoms with Gasteiger partial charge in [-0.3, -0.25) is 4.79 Å². The molecule has 0 atom stereocenters. The van der Waals surface area contributed by atoms with Gasteiger partial charge in [0.15, 0.2) is 0 Å². The molecule has 0 spiro atoms. The van der Waals surface area contributed by atoms with E-state index in [2.05, 4.69) is 0 Å². The van der Waals surface area contributed by atoms with E-state index in [9.17, 15) is 4.79 Å². The van der Waals surface area contributed by atoms with Crippen molar-refractivity contribution < 1.29 is 9.53 Å². The van der Waals surface area contributed by atoms with Crippen molar-refractivity contribution in [2.75, 3.05) is 7.11 Å². The highest BCUT2D eigenvalue weighted by atomic mass is 35.5. The first-order valence-corrected chi connectivity index (χ1v) is 4.57. The number of hydrogen-bond acceptors (Lipinski definition) is 2. The maximum atomic E-state index is 11.0. The monoisotopic (exact) mass is 233 g/mol. The summed E-state index contributed by atoms with van der Waals surface area (Å²) in [5.74, 6) is -0.213. The molecule has 1 aromatic rings. The van der Waals surface area contributed by atoms with Crippen LogP contribution in [0.15, 0.2) is 6.07 Å². The van der Waals surface area contributed by atoms with Crippen molar-refractivity contribution >= 4 is 29.1 Å². The molecule has 14 heavy (non-hydrogen) atoms. The Balaban J connectivity index is 3.48. The van der Waals surface area contributed by atoms with Crippen LogP contribution in [0.5, 0.6) is 5.75 Å². The van der Waals surface area contributed by atoms with Crippen LogP contribution in [-0.2, 0) is 0 Å². The zero-order valence-corrected chi connectivity index (χ0v) is 9.24. The van der Waals surface area contributed by atoms with Crippen molar-refractivity contribution in [3.05, 3.63) is 27.2 Å². The molecule has 0 unspecified atom stereocenters. The molecular formula is C9H9Cl2NO2. The number of amides is 1. The smallest absolute Gasteiger partial charge is 0.249 e. The molecule has 3 nitrogen and oxygen atoms in total. The van der Waals surface area contributed by atoms with Crippen LogP contribution >= 0.6 is 23.2 Å². The molecule has 0 aliphatic heterocycles. The number of nitrogens with two attached hydrogens (primary N) is 1. The van der Waals surface area contributed by atoms with Gasteiger partial charge in [0.05, 0.1) is 12.1 Å². The van der Waals surface area contributed by atoms with E-state index in [4.69, 9.17) is 33.7 Å². The minimum Gasteiger partial charge on any atom is -0.495 e. The summed E-state index contributed by atoms with van der Waals surface area (Å²) in [6.45, 7) is 1.67. The van der Waals surface area contributed by atoms with Crippen molar-refractivity contribution in [3.8, 4) is 5.75 Å². The van der Waals surface area contributed by atoms with E-state index in [1.54, 1.807) is 6.92 Å². The first-order chi connectivity index (χ1) is 6.49. The van der Waals surface area contributed by atoms with Crippen molar-refractivity contribution in [2.24, 2.45) is 5.73 Å². The Morgan fingerprint density at radius 1 is 1.43 bits per heavy atom. The third-order valence-electron chi connectivity index (χ3n) is 1.90. The Hall–Kier alpha value is -0.930. The maximum absolute atomic E-state index is 11.0. The topological polar surface area (TPSA) is 52.3 Å². The van der Waals surface area contributed by atoms with E-state index < -0.39 is 5.91 Å². The summed E-state index contributed by atoms with van der Waals surface area (Å²) >= 11 is 11.8. The van der Waals surface area contributed by atoms with Gasteiger partial charge in [0, 0.05) is 5.56 Å². The van der Waals surface area contributed by atoms with Gasteiger partial charge < -0.3 is 10.5 Å². The van der Waals surface area contributed by atoms with E-state index >= 15 is 0 Å². The predicted octanol–water partition coefficient (Wildman–Crippen LogP) is 2.41. The Labute approximate surface area is 91.7 Å². The van der Waals surface area contributed by atoms with Gasteiger partial charge in [-0.05, 0) is 18.6 Å². The highest BCUT2D eigenvalue weighted by molar-refractivity contribution is 6.43. The average Bonchev–Trinajstić information content (AvgIpc) is 2.14. The van der Waals surface area contributed by atoms with Crippen molar-refractivity contribution in [2.45, 2.75) is 6.92 Å². The molecule has 5 heteroatoms. The molecule has 0 aromatic heterocycles. The third kappa shape index (κ3) is 1.79. The van der Waals surface area contributed by atoms with Crippen LogP contribution in [0.4, 0.5) is 0 Å². The molecule has 1 rings (SSSR count). The number of halogens is 2. The van der Waals surface area contributed by atoms with Gasteiger partial charge in [0.2, 0.25) is 5.91 Å². The zero-order chi connectivity index (χ0) is 10.9. The number of primary amides is 1. The fourth-order valence-corrected chi connectivity index (χ4v) is 1.57. The van der Waals surface area contributed by atoms with Gasteiger partial charge in [0.1, 0.15) is 10.8 Å². The van der Waals surface area contributed by atoms with Crippen LogP contribution in [0.2, 0.25) is 10.0 Å². The standard InChI is InChI=1S/C9H9Cl2NO2/c1-4-5(9(12)13)3-6(14-2)8(11)7(4)10/h3H,1-2H3,(H2,12,13). The predicted molar refractivity (Wildman–Crippen MR) is 56.3 cm³/mol. The number of methoxy groups -OCH3 is 1. The second-order valence-corrected chi connectivity index (χ2v) is 3.50. The number of rotatable bonds is 2. The van der Waals surface area contributed by atoms with E-state index in [0.717, 1.165) is 0 Å². The second kappa shape index (κ2) is 4.07. The molecular weight excluding hydrogens is 225 g/mol. The van der Waals surface area contributed by atoms with Gasteiger partial charge in [-0.15, -0.1) is 0 Å². The third-order valence-corrected chi connectivity index (χ3v) is 2.85. The molecule has 0 fully saturated rings. The maximum Gasteiger partial charge on any atom is 0.249 e. The lowest BCUT2D eigenvalue weighted by Gasteiger charge is -2.10. The van der Waals surface area contributed by atoms with Crippen LogP contribution in [0.25, 0.3) is 0 Å². The molecule has 76 valence electrons. The minimum atomic E-state index is -0.556. The van der Waals surface area contributed by atoms with Gasteiger partial charge in [-0.25, -0.2) is 0 Å². The van der Waals surface area contributed by atoms with Crippen LogP contribution < -0.4 is 10.5 Å². The molecule has 0 saturated heterocycles. The summed E-state index contributed by atoms with van der Waals surface area (Å²) in [7, 11) is 1.44. The summed E-state index contributed by atoms with van der Waals surface area (Å²) in [5, 5.41) is 0.580. The van der Waals surface area contributed by atoms with Crippen LogP contribution in [0.1, 0.15) is 15.9 Å². The first-order valence-electron chi connectivity index (χ1n) is 3.81. The van der Waals surface area contributed by atoms with Crippen LogP contribution in [-0.4, -0.2) is 13.0 Å². The number of hydrogen-bond donors (Lipinski definition) is 1. The molecule has 0 saturated carbocycles. The van der Waals surface area contributed by atoms with Crippen molar-refractivity contribution in [1.29, 1.82) is 0 Å². The molecule has 1 amide bonds. The van der Waals surface area contributed by atoms with E-state index in [1.807, 2.05) is 0 Å². The number of benzene rings is 1. The quantitative estimate of drug-likeness (QED) is 0.854. The summed E-state index contributed by atoms with van der Waals surface area (Å²) < 4.78 is 4.95. The van der Waals surface area contributed by atoms with E-state index in [-0.39, 0.29) is 5.02 Å². The molecule has 1 aromatic carbocycles. The van der Waals surface area contributed by atoms with Gasteiger partial charge in [-0.1, -0.05) is 23.2 Å². The van der Waals surface area contributed by atoms with Gasteiger partial charge in [0.25, 0.3) is 0 Å². The normalized spacial score (nSPS) is 10.0. The molecule has 0 radical (unpaired) electrons. The van der Waals surface area contributed by atoms with Gasteiger partial charge in [-0.2, -0.15) is 0 Å². The lowest BCUT2D eigenvalue weighted by Crippen LogP contribution is -2.13. The summed E-state index contributed by atoms with van der Waals surface area (Å²) in [4.78, 5) is 11.0. The lowest BCUT2D eigenvalue weighted by atomic mass is 10.1. The Kier molecular flexibility index (Phi) is 3.24. The largest absolute Gasteiger partial charge is 0.495 e. The molecule has 0 bridgehead atoms. The number of carbonyl (C=O) groups excluding carboxylic acids is 1. The SMILES string of the molecule is COc1cc(C(N)=O)c(C)c(Cl)c1Cl. The molecule has 2 N–H and O–H groups in total. The van der Waals surface area contributed by atoms with Crippen LogP contribution in [0.3, 0.4) is 0 Å². The lowest BCUT2D eigenvalue weighted by molar-refractivity contribution is 0.0999. The average molecular weight is 234 g/mol. The Morgan fingerprint density at radius 2 is 2.00 bits per heavy atom. The summed E-state index contributed by atoms with van der Waals surface area (Å²) in [6.07, 6.45) is 0. The summed E-state index contributed by atoms with van der Waals surface area (Å²) in [6, 6.07) is 1.48. The molecule has 0 heterocycles. The van der Waals surface area contributed by atoms with Crippen molar-refractivity contribution in [3.63, 3.8) is 0 Å². The highest BCUT2D eigenvalue weighted by Crippen LogP contribution is 2.36. The molecule has 0 aliphatic rings. The minimum absolute atomic E-state index is 0.289. The van der Waals surface area contributed by atoms with E-state index in [0.29, 0.717) is 21.9 Å². The van der Waals surface area contributed by atoms with E-state index in [1.165, 1.54) is 13.2 Å². The number of carbonyl (C=O) groups is 1. The number of ether oxygens (including phenoxy) is 1. The zero-order valence-electron chi connectivity index (χ0n) is 7.73.